The highest BCUT2D eigenvalue weighted by molar-refractivity contribution is 6.21. The summed E-state index contributed by atoms with van der Waals surface area (Å²) in [6.45, 7) is 2.27. The van der Waals surface area contributed by atoms with Gasteiger partial charge in [-0.05, 0) is 25.5 Å². The number of imide groups is 1. The molecule has 21 heavy (non-hydrogen) atoms. The van der Waals surface area contributed by atoms with Crippen molar-refractivity contribution < 1.29 is 14.4 Å². The second-order valence-corrected chi connectivity index (χ2v) is 5.17. The lowest BCUT2D eigenvalue weighted by Gasteiger charge is -2.14. The van der Waals surface area contributed by atoms with Crippen molar-refractivity contribution >= 4 is 17.7 Å². The summed E-state index contributed by atoms with van der Waals surface area (Å²) in [5.74, 6) is -0.732. The predicted molar refractivity (Wildman–Crippen MR) is 77.7 cm³/mol. The van der Waals surface area contributed by atoms with Crippen LogP contribution in [0.5, 0.6) is 0 Å². The molecule has 0 saturated heterocycles. The molecule has 6 nitrogen and oxygen atoms in total. The number of carbonyl (C=O) groups excluding carboxylic acids is 3. The van der Waals surface area contributed by atoms with Gasteiger partial charge in [0.1, 0.15) is 0 Å². The second kappa shape index (κ2) is 6.49. The van der Waals surface area contributed by atoms with Gasteiger partial charge in [0.2, 0.25) is 5.91 Å². The Hall–Kier alpha value is -2.21. The lowest BCUT2D eigenvalue weighted by atomic mass is 10.1. The van der Waals surface area contributed by atoms with Crippen molar-refractivity contribution in [1.82, 2.24) is 10.2 Å². The van der Waals surface area contributed by atoms with Crippen LogP contribution in [0.4, 0.5) is 0 Å². The number of fused-ring (bicyclic) bond motifs is 1. The molecule has 1 aromatic carbocycles. The fraction of sp³-hybridized carbons (Fsp3) is 0.400. The van der Waals surface area contributed by atoms with E-state index in [1.165, 1.54) is 0 Å². The minimum Gasteiger partial charge on any atom is -0.354 e. The van der Waals surface area contributed by atoms with Crippen molar-refractivity contribution in [3.63, 3.8) is 0 Å². The molecule has 0 spiro atoms. The topological polar surface area (TPSA) is 92.5 Å². The van der Waals surface area contributed by atoms with E-state index >= 15 is 0 Å². The normalized spacial score (nSPS) is 15.0. The summed E-state index contributed by atoms with van der Waals surface area (Å²) in [5, 5.41) is 2.69. The van der Waals surface area contributed by atoms with E-state index in [0.29, 0.717) is 24.0 Å². The largest absolute Gasteiger partial charge is 0.354 e. The van der Waals surface area contributed by atoms with Gasteiger partial charge in [-0.2, -0.15) is 0 Å². The fourth-order valence-corrected chi connectivity index (χ4v) is 2.20. The molecule has 0 radical (unpaired) electrons. The average molecular weight is 289 g/mol. The van der Waals surface area contributed by atoms with Crippen LogP contribution >= 0.6 is 0 Å². The summed E-state index contributed by atoms with van der Waals surface area (Å²) in [4.78, 5) is 36.9. The summed E-state index contributed by atoms with van der Waals surface area (Å²) in [7, 11) is 0. The highest BCUT2D eigenvalue weighted by Gasteiger charge is 2.34. The molecule has 0 saturated carbocycles. The molecule has 0 aliphatic carbocycles. The average Bonchev–Trinajstić information content (AvgIpc) is 2.70. The monoisotopic (exact) mass is 289 g/mol. The molecule has 1 aliphatic rings. The van der Waals surface area contributed by atoms with Crippen molar-refractivity contribution in [2.75, 3.05) is 13.1 Å². The molecule has 6 heteroatoms. The Balaban J connectivity index is 1.84. The molecular weight excluding hydrogens is 270 g/mol. The molecule has 0 fully saturated rings. The van der Waals surface area contributed by atoms with Crippen molar-refractivity contribution in [3.05, 3.63) is 35.4 Å². The number of nitrogens with zero attached hydrogens (tertiary/aromatic N) is 1. The Morgan fingerprint density at radius 3 is 2.33 bits per heavy atom. The molecule has 1 aromatic rings. The van der Waals surface area contributed by atoms with Crippen LogP contribution in [-0.4, -0.2) is 41.8 Å². The molecule has 0 bridgehead atoms. The lowest BCUT2D eigenvalue weighted by Crippen LogP contribution is -2.38. The van der Waals surface area contributed by atoms with Crippen LogP contribution in [0.3, 0.4) is 0 Å². The first-order valence-electron chi connectivity index (χ1n) is 6.98. The number of hydrogen-bond acceptors (Lipinski definition) is 4. The Kier molecular flexibility index (Phi) is 4.70. The standard InChI is InChI=1S/C15H19N3O3/c1-10(16)6-7-13(19)17-8-9-18-14(20)11-4-2-3-5-12(11)15(18)21/h2-5,10H,6-9,16H2,1H3,(H,17,19). The van der Waals surface area contributed by atoms with Crippen LogP contribution in [0.2, 0.25) is 0 Å². The predicted octanol–water partition coefficient (Wildman–Crippen LogP) is 0.526. The summed E-state index contributed by atoms with van der Waals surface area (Å²) in [6, 6.07) is 6.70. The van der Waals surface area contributed by atoms with E-state index in [-0.39, 0.29) is 36.9 Å². The number of carbonyl (C=O) groups is 3. The number of rotatable bonds is 6. The first-order valence-corrected chi connectivity index (χ1v) is 6.98. The minimum absolute atomic E-state index is 0.0213. The van der Waals surface area contributed by atoms with Gasteiger partial charge in [-0.25, -0.2) is 0 Å². The molecular formula is C15H19N3O3. The van der Waals surface area contributed by atoms with Crippen LogP contribution in [0.25, 0.3) is 0 Å². The van der Waals surface area contributed by atoms with Gasteiger partial charge in [0.15, 0.2) is 0 Å². The van der Waals surface area contributed by atoms with Crippen LogP contribution in [-0.2, 0) is 4.79 Å². The Morgan fingerprint density at radius 1 is 1.24 bits per heavy atom. The Bertz CT molecular complexity index is 534. The second-order valence-electron chi connectivity index (χ2n) is 5.17. The number of amides is 3. The van der Waals surface area contributed by atoms with Gasteiger partial charge in [0.25, 0.3) is 11.8 Å². The maximum absolute atomic E-state index is 12.1. The van der Waals surface area contributed by atoms with Gasteiger partial charge in [-0.3, -0.25) is 19.3 Å². The van der Waals surface area contributed by atoms with E-state index in [1.54, 1.807) is 24.3 Å². The summed E-state index contributed by atoms with van der Waals surface area (Å²) < 4.78 is 0. The smallest absolute Gasteiger partial charge is 0.261 e. The van der Waals surface area contributed by atoms with Gasteiger partial charge < -0.3 is 11.1 Å². The molecule has 1 atom stereocenters. The number of nitrogens with two attached hydrogens (primary N) is 1. The van der Waals surface area contributed by atoms with Crippen molar-refractivity contribution in [3.8, 4) is 0 Å². The van der Waals surface area contributed by atoms with Crippen molar-refractivity contribution in [1.29, 1.82) is 0 Å². The first-order chi connectivity index (χ1) is 10.0. The van der Waals surface area contributed by atoms with E-state index in [4.69, 9.17) is 5.73 Å². The zero-order chi connectivity index (χ0) is 15.4. The summed E-state index contributed by atoms with van der Waals surface area (Å²) >= 11 is 0. The summed E-state index contributed by atoms with van der Waals surface area (Å²) in [6.07, 6.45) is 0.957. The highest BCUT2D eigenvalue weighted by Crippen LogP contribution is 2.21. The van der Waals surface area contributed by atoms with E-state index in [9.17, 15) is 14.4 Å². The van der Waals surface area contributed by atoms with Gasteiger partial charge in [0.05, 0.1) is 11.1 Å². The molecule has 3 N–H and O–H groups in total. The third-order valence-electron chi connectivity index (χ3n) is 3.36. The fourth-order valence-electron chi connectivity index (χ4n) is 2.20. The van der Waals surface area contributed by atoms with Gasteiger partial charge in [0, 0.05) is 25.6 Å². The highest BCUT2D eigenvalue weighted by atomic mass is 16.2. The quantitative estimate of drug-likeness (QED) is 0.747. The Labute approximate surface area is 123 Å². The first kappa shape index (κ1) is 15.2. The van der Waals surface area contributed by atoms with Gasteiger partial charge >= 0.3 is 0 Å². The maximum Gasteiger partial charge on any atom is 0.261 e. The third kappa shape index (κ3) is 3.46. The number of benzene rings is 1. The van der Waals surface area contributed by atoms with Crippen LogP contribution in [0.15, 0.2) is 24.3 Å². The zero-order valence-corrected chi connectivity index (χ0v) is 12.0. The van der Waals surface area contributed by atoms with E-state index in [0.717, 1.165) is 4.90 Å². The summed E-state index contributed by atoms with van der Waals surface area (Å²) in [5.41, 5.74) is 6.42. The minimum atomic E-state index is -0.305. The molecule has 3 amide bonds. The zero-order valence-electron chi connectivity index (χ0n) is 12.0. The number of nitrogens with one attached hydrogen (secondary N) is 1. The van der Waals surface area contributed by atoms with E-state index in [2.05, 4.69) is 5.32 Å². The third-order valence-corrected chi connectivity index (χ3v) is 3.36. The Morgan fingerprint density at radius 2 is 1.81 bits per heavy atom. The molecule has 2 rings (SSSR count). The van der Waals surface area contributed by atoms with Gasteiger partial charge in [-0.1, -0.05) is 12.1 Å². The molecule has 1 unspecified atom stereocenters. The number of hydrogen-bond donors (Lipinski definition) is 2. The van der Waals surface area contributed by atoms with Crippen LogP contribution in [0.1, 0.15) is 40.5 Å². The molecule has 112 valence electrons. The lowest BCUT2D eigenvalue weighted by molar-refractivity contribution is -0.121. The van der Waals surface area contributed by atoms with Crippen LogP contribution < -0.4 is 11.1 Å². The SMILES string of the molecule is CC(N)CCC(=O)NCCN1C(=O)c2ccccc2C1=O. The molecule has 1 aliphatic heterocycles. The molecule has 0 aromatic heterocycles. The maximum atomic E-state index is 12.1. The van der Waals surface area contributed by atoms with Gasteiger partial charge in [-0.15, -0.1) is 0 Å². The van der Waals surface area contributed by atoms with E-state index in [1.807, 2.05) is 6.92 Å². The van der Waals surface area contributed by atoms with Crippen LogP contribution in [0, 0.1) is 0 Å². The van der Waals surface area contributed by atoms with E-state index < -0.39 is 0 Å². The molecule has 1 heterocycles. The van der Waals surface area contributed by atoms with Crippen molar-refractivity contribution in [2.45, 2.75) is 25.8 Å². The van der Waals surface area contributed by atoms with Crippen molar-refractivity contribution in [2.24, 2.45) is 5.73 Å².